The summed E-state index contributed by atoms with van der Waals surface area (Å²) in [6, 6.07) is 1.67. The van der Waals surface area contributed by atoms with E-state index in [0.29, 0.717) is 16.4 Å². The molecular weight excluding hydrogens is 248 g/mol. The van der Waals surface area contributed by atoms with E-state index in [1.165, 1.54) is 23.1 Å². The Morgan fingerprint density at radius 2 is 2.31 bits per heavy atom. The van der Waals surface area contributed by atoms with Gasteiger partial charge in [0.05, 0.1) is 12.7 Å². The molecule has 4 nitrogen and oxygen atoms in total. The van der Waals surface area contributed by atoms with Crippen LogP contribution in [0.3, 0.4) is 0 Å². The normalized spacial score (nSPS) is 12.7. The average molecular weight is 262 g/mol. The van der Waals surface area contributed by atoms with Gasteiger partial charge in [-0.3, -0.25) is 0 Å². The number of hydrogen-bond donors (Lipinski definition) is 3. The summed E-state index contributed by atoms with van der Waals surface area (Å²) in [7, 11) is 0. The summed E-state index contributed by atoms with van der Waals surface area (Å²) >= 11 is 2.74. The number of thioether (sulfide) groups is 1. The Morgan fingerprint density at radius 3 is 2.81 bits per heavy atom. The number of carboxylic acids is 1. The Bertz CT molecular complexity index is 362. The zero-order valence-corrected chi connectivity index (χ0v) is 10.5. The van der Waals surface area contributed by atoms with Crippen molar-refractivity contribution in [3.8, 4) is 0 Å². The SMILES string of the molecule is Cc1sc(C(=O)O)cc1CSCC(O)CO. The smallest absolute Gasteiger partial charge is 0.345 e. The molecule has 0 aliphatic rings. The van der Waals surface area contributed by atoms with Gasteiger partial charge in [-0.05, 0) is 18.6 Å². The van der Waals surface area contributed by atoms with Crippen LogP contribution in [0, 0.1) is 6.92 Å². The van der Waals surface area contributed by atoms with Crippen LogP contribution in [0.2, 0.25) is 0 Å². The van der Waals surface area contributed by atoms with Crippen LogP contribution in [-0.4, -0.2) is 39.8 Å². The van der Waals surface area contributed by atoms with Crippen molar-refractivity contribution >= 4 is 29.1 Å². The highest BCUT2D eigenvalue weighted by Gasteiger charge is 2.11. The van der Waals surface area contributed by atoms with Crippen LogP contribution in [0.15, 0.2) is 6.07 Å². The molecule has 0 aliphatic heterocycles. The van der Waals surface area contributed by atoms with E-state index >= 15 is 0 Å². The van der Waals surface area contributed by atoms with Crippen molar-refractivity contribution in [1.29, 1.82) is 0 Å². The third-order valence-electron chi connectivity index (χ3n) is 2.01. The second kappa shape index (κ2) is 6.24. The van der Waals surface area contributed by atoms with Crippen LogP contribution in [0.5, 0.6) is 0 Å². The van der Waals surface area contributed by atoms with Gasteiger partial charge in [-0.2, -0.15) is 11.8 Å². The topological polar surface area (TPSA) is 77.8 Å². The summed E-state index contributed by atoms with van der Waals surface area (Å²) in [4.78, 5) is 12.1. The van der Waals surface area contributed by atoms with E-state index in [4.69, 9.17) is 15.3 Å². The minimum atomic E-state index is -0.903. The van der Waals surface area contributed by atoms with Gasteiger partial charge in [0.15, 0.2) is 0 Å². The Labute approximate surface area is 102 Å². The number of aromatic carboxylic acids is 1. The first-order valence-electron chi connectivity index (χ1n) is 4.74. The maximum absolute atomic E-state index is 10.7. The van der Waals surface area contributed by atoms with Gasteiger partial charge < -0.3 is 15.3 Å². The fraction of sp³-hybridized carbons (Fsp3) is 0.500. The molecule has 1 rings (SSSR count). The van der Waals surface area contributed by atoms with Gasteiger partial charge in [0, 0.05) is 16.4 Å². The van der Waals surface area contributed by atoms with E-state index in [1.807, 2.05) is 6.92 Å². The molecule has 0 fully saturated rings. The van der Waals surface area contributed by atoms with E-state index < -0.39 is 12.1 Å². The van der Waals surface area contributed by atoms with Crippen molar-refractivity contribution in [3.05, 3.63) is 21.4 Å². The van der Waals surface area contributed by atoms with Crippen LogP contribution >= 0.6 is 23.1 Å². The number of hydrogen-bond acceptors (Lipinski definition) is 5. The van der Waals surface area contributed by atoms with Gasteiger partial charge in [0.1, 0.15) is 4.88 Å². The molecule has 1 aromatic heterocycles. The van der Waals surface area contributed by atoms with Gasteiger partial charge in [-0.15, -0.1) is 11.3 Å². The number of carbonyl (C=O) groups is 1. The largest absolute Gasteiger partial charge is 0.477 e. The van der Waals surface area contributed by atoms with Gasteiger partial charge in [-0.1, -0.05) is 0 Å². The monoisotopic (exact) mass is 262 g/mol. The van der Waals surface area contributed by atoms with Gasteiger partial charge in [0.25, 0.3) is 0 Å². The van der Waals surface area contributed by atoms with E-state index in [2.05, 4.69) is 0 Å². The van der Waals surface area contributed by atoms with Crippen molar-refractivity contribution in [2.75, 3.05) is 12.4 Å². The van der Waals surface area contributed by atoms with Gasteiger partial charge in [0.2, 0.25) is 0 Å². The molecule has 1 aromatic rings. The number of thiophene rings is 1. The summed E-state index contributed by atoms with van der Waals surface area (Å²) in [5, 5.41) is 26.6. The van der Waals surface area contributed by atoms with Crippen LogP contribution in [0.25, 0.3) is 0 Å². The van der Waals surface area contributed by atoms with Crippen molar-refractivity contribution in [3.63, 3.8) is 0 Å². The van der Waals surface area contributed by atoms with E-state index in [1.54, 1.807) is 6.07 Å². The van der Waals surface area contributed by atoms with Crippen molar-refractivity contribution < 1.29 is 20.1 Å². The number of aliphatic hydroxyl groups is 2. The highest BCUT2D eigenvalue weighted by molar-refractivity contribution is 7.98. The zero-order chi connectivity index (χ0) is 12.1. The second-order valence-corrected chi connectivity index (χ2v) is 5.64. The third-order valence-corrected chi connectivity index (χ3v) is 4.23. The maximum Gasteiger partial charge on any atom is 0.345 e. The molecular formula is C10H14O4S2. The molecule has 0 spiro atoms. The lowest BCUT2D eigenvalue weighted by atomic mass is 10.3. The van der Waals surface area contributed by atoms with Gasteiger partial charge >= 0.3 is 5.97 Å². The van der Waals surface area contributed by atoms with E-state index in [9.17, 15) is 4.79 Å². The lowest BCUT2D eigenvalue weighted by Gasteiger charge is -2.05. The highest BCUT2D eigenvalue weighted by Crippen LogP contribution is 2.25. The fourth-order valence-corrected chi connectivity index (χ4v) is 3.11. The summed E-state index contributed by atoms with van der Waals surface area (Å²) in [6.07, 6.45) is -0.706. The maximum atomic E-state index is 10.7. The number of aryl methyl sites for hydroxylation is 1. The van der Waals surface area contributed by atoms with Crippen LogP contribution < -0.4 is 0 Å². The molecule has 0 amide bonds. The first-order valence-corrected chi connectivity index (χ1v) is 6.71. The summed E-state index contributed by atoms with van der Waals surface area (Å²) in [5.41, 5.74) is 0.984. The Hall–Kier alpha value is -0.560. The van der Waals surface area contributed by atoms with E-state index in [-0.39, 0.29) is 6.61 Å². The molecule has 3 N–H and O–H groups in total. The zero-order valence-electron chi connectivity index (χ0n) is 8.84. The average Bonchev–Trinajstić information content (AvgIpc) is 2.60. The molecule has 6 heteroatoms. The summed E-state index contributed by atoms with van der Waals surface area (Å²) < 4.78 is 0. The molecule has 16 heavy (non-hydrogen) atoms. The standard InChI is InChI=1S/C10H14O4S2/c1-6-7(2-9(16-6)10(13)14)4-15-5-8(12)3-11/h2,8,11-12H,3-5H2,1H3,(H,13,14). The molecule has 0 radical (unpaired) electrons. The molecule has 0 bridgehead atoms. The number of carboxylic acid groups (broad SMARTS) is 1. The first kappa shape index (κ1) is 13.5. The second-order valence-electron chi connectivity index (χ2n) is 3.35. The fourth-order valence-electron chi connectivity index (χ4n) is 1.13. The lowest BCUT2D eigenvalue weighted by Crippen LogP contribution is -2.14. The Kier molecular flexibility index (Phi) is 5.27. The predicted octanol–water partition coefficient (Wildman–Crippen LogP) is 1.34. The minimum Gasteiger partial charge on any atom is -0.477 e. The molecule has 0 aromatic carbocycles. The highest BCUT2D eigenvalue weighted by atomic mass is 32.2. The minimum absolute atomic E-state index is 0.240. The van der Waals surface area contributed by atoms with Crippen LogP contribution in [-0.2, 0) is 5.75 Å². The number of aliphatic hydroxyl groups excluding tert-OH is 2. The van der Waals surface area contributed by atoms with Crippen molar-refractivity contribution in [1.82, 2.24) is 0 Å². The summed E-state index contributed by atoms with van der Waals surface area (Å²) in [6.45, 7) is 1.64. The van der Waals surface area contributed by atoms with Crippen LogP contribution in [0.4, 0.5) is 0 Å². The Balaban J connectivity index is 2.51. The summed E-state index contributed by atoms with van der Waals surface area (Å²) in [5.74, 6) is 0.209. The van der Waals surface area contributed by atoms with Gasteiger partial charge in [-0.25, -0.2) is 4.79 Å². The molecule has 0 saturated carbocycles. The predicted molar refractivity (Wildman–Crippen MR) is 65.3 cm³/mol. The molecule has 90 valence electrons. The van der Waals surface area contributed by atoms with E-state index in [0.717, 1.165) is 10.4 Å². The first-order chi connectivity index (χ1) is 7.54. The molecule has 1 heterocycles. The van der Waals surface area contributed by atoms with Crippen molar-refractivity contribution in [2.24, 2.45) is 0 Å². The quantitative estimate of drug-likeness (QED) is 0.721. The van der Waals surface area contributed by atoms with Crippen LogP contribution in [0.1, 0.15) is 20.1 Å². The molecule has 0 saturated heterocycles. The third kappa shape index (κ3) is 3.79. The number of rotatable bonds is 6. The molecule has 0 aliphatic carbocycles. The van der Waals surface area contributed by atoms with Crippen molar-refractivity contribution in [2.45, 2.75) is 18.8 Å². The lowest BCUT2D eigenvalue weighted by molar-refractivity contribution is 0.0702. The molecule has 1 unspecified atom stereocenters. The Morgan fingerprint density at radius 1 is 1.62 bits per heavy atom. The molecule has 1 atom stereocenters.